The fraction of sp³-hybridized carbons (Fsp3) is 0.111. The van der Waals surface area contributed by atoms with Gasteiger partial charge in [0.15, 0.2) is 0 Å². The van der Waals surface area contributed by atoms with E-state index in [2.05, 4.69) is 20.9 Å². The van der Waals surface area contributed by atoms with Gasteiger partial charge in [-0.3, -0.25) is 14.5 Å². The normalized spacial score (nSPS) is 17.8. The Labute approximate surface area is 199 Å². The zero-order valence-electron chi connectivity index (χ0n) is 18.1. The zero-order valence-corrected chi connectivity index (χ0v) is 19.7. The number of para-hydroxylation sites is 1. The molecule has 0 radical (unpaired) electrons. The topological polar surface area (TPSA) is 73.4 Å². The van der Waals surface area contributed by atoms with E-state index in [-0.39, 0.29) is 11.3 Å². The predicted octanol–water partition coefficient (Wildman–Crippen LogP) is 6.17. The third kappa shape index (κ3) is 3.47. The Morgan fingerprint density at radius 3 is 2.55 bits per heavy atom. The number of Topliss-reactive ketones (excluding diaryl/α,β-unsaturated/α-hetero) is 1. The van der Waals surface area contributed by atoms with E-state index < -0.39 is 17.7 Å². The number of hydrogen-bond acceptors (Lipinski definition) is 3. The number of aliphatic hydroxyl groups excluding tert-OH is 1. The Morgan fingerprint density at radius 2 is 1.79 bits per heavy atom. The predicted molar refractivity (Wildman–Crippen MR) is 133 cm³/mol. The number of aliphatic hydroxyl groups is 1. The molecule has 1 aliphatic rings. The standard InChI is InChI=1S/C27H21BrN2O3/c1-15-6-5-7-18(12-15)30-24(20-14-29-22-9-4-3-8-19(20)22)23(26(32)27(30)33)25(31)17-10-11-21(28)16(2)13-17/h3-14,24,29,31H,1-2H3/b25-23+. The van der Waals surface area contributed by atoms with Crippen LogP contribution in [0, 0.1) is 13.8 Å². The van der Waals surface area contributed by atoms with Crippen molar-refractivity contribution in [1.82, 2.24) is 4.98 Å². The van der Waals surface area contributed by atoms with Crippen molar-refractivity contribution in [3.8, 4) is 0 Å². The molecule has 3 aromatic carbocycles. The second-order valence-corrected chi connectivity index (χ2v) is 9.12. The van der Waals surface area contributed by atoms with Gasteiger partial charge in [-0.2, -0.15) is 0 Å². The SMILES string of the molecule is Cc1cccc(N2C(=O)C(=O)/C(=C(/O)c3ccc(Br)c(C)c3)C2c2c[nH]c3ccccc23)c1. The monoisotopic (exact) mass is 500 g/mol. The lowest BCUT2D eigenvalue weighted by molar-refractivity contribution is -0.132. The number of hydrogen-bond donors (Lipinski definition) is 2. The molecule has 6 heteroatoms. The van der Waals surface area contributed by atoms with E-state index in [9.17, 15) is 14.7 Å². The summed E-state index contributed by atoms with van der Waals surface area (Å²) < 4.78 is 0.896. The van der Waals surface area contributed by atoms with E-state index in [0.29, 0.717) is 11.3 Å². The van der Waals surface area contributed by atoms with Crippen molar-refractivity contribution >= 4 is 50.0 Å². The molecule has 0 aliphatic carbocycles. The van der Waals surface area contributed by atoms with Crippen LogP contribution in [0.2, 0.25) is 0 Å². The molecule has 2 N–H and O–H groups in total. The molecule has 0 spiro atoms. The van der Waals surface area contributed by atoms with Crippen LogP contribution >= 0.6 is 15.9 Å². The molecule has 1 saturated heterocycles. The maximum Gasteiger partial charge on any atom is 0.300 e. The lowest BCUT2D eigenvalue weighted by Crippen LogP contribution is -2.29. The van der Waals surface area contributed by atoms with Crippen LogP contribution in [-0.4, -0.2) is 21.8 Å². The van der Waals surface area contributed by atoms with Gasteiger partial charge in [0.1, 0.15) is 5.76 Å². The third-order valence-electron chi connectivity index (χ3n) is 6.07. The smallest absolute Gasteiger partial charge is 0.300 e. The van der Waals surface area contributed by atoms with Crippen molar-refractivity contribution < 1.29 is 14.7 Å². The van der Waals surface area contributed by atoms with E-state index in [1.807, 2.05) is 74.6 Å². The van der Waals surface area contributed by atoms with Gasteiger partial charge in [0.2, 0.25) is 0 Å². The molecule has 1 aromatic heterocycles. The number of amides is 1. The fourth-order valence-corrected chi connectivity index (χ4v) is 4.69. The number of carbonyl (C=O) groups excluding carboxylic acids is 2. The Hall–Kier alpha value is -3.64. The number of rotatable bonds is 3. The summed E-state index contributed by atoms with van der Waals surface area (Å²) in [5.74, 6) is -1.55. The zero-order chi connectivity index (χ0) is 23.3. The quantitative estimate of drug-likeness (QED) is 0.200. The highest BCUT2D eigenvalue weighted by Crippen LogP contribution is 2.44. The van der Waals surface area contributed by atoms with Gasteiger partial charge in [0, 0.05) is 38.4 Å². The number of aromatic nitrogens is 1. The minimum absolute atomic E-state index is 0.0768. The summed E-state index contributed by atoms with van der Waals surface area (Å²) in [7, 11) is 0. The molecule has 0 bridgehead atoms. The molecule has 2 heterocycles. The van der Waals surface area contributed by atoms with E-state index in [1.54, 1.807) is 12.1 Å². The van der Waals surface area contributed by atoms with E-state index >= 15 is 0 Å². The summed E-state index contributed by atoms with van der Waals surface area (Å²) in [6.07, 6.45) is 1.81. The Balaban J connectivity index is 1.79. The third-order valence-corrected chi connectivity index (χ3v) is 6.96. The number of anilines is 1. The van der Waals surface area contributed by atoms with Crippen LogP contribution < -0.4 is 4.90 Å². The number of benzene rings is 3. The summed E-state index contributed by atoms with van der Waals surface area (Å²) >= 11 is 3.47. The number of ketones is 1. The number of aromatic amines is 1. The van der Waals surface area contributed by atoms with E-state index in [1.165, 1.54) is 4.90 Å². The first kappa shape index (κ1) is 21.2. The molecule has 1 fully saturated rings. The number of aryl methyl sites for hydroxylation is 2. The number of H-pyrrole nitrogens is 1. The Morgan fingerprint density at radius 1 is 1.00 bits per heavy atom. The molecule has 5 rings (SSSR count). The van der Waals surface area contributed by atoms with Gasteiger partial charge < -0.3 is 10.1 Å². The van der Waals surface area contributed by atoms with Crippen LogP contribution in [0.1, 0.15) is 28.3 Å². The number of fused-ring (bicyclic) bond motifs is 1. The first-order valence-electron chi connectivity index (χ1n) is 10.6. The van der Waals surface area contributed by atoms with Gasteiger partial charge in [0.05, 0.1) is 11.6 Å². The van der Waals surface area contributed by atoms with Gasteiger partial charge in [0.25, 0.3) is 11.7 Å². The number of nitrogens with one attached hydrogen (secondary N) is 1. The summed E-state index contributed by atoms with van der Waals surface area (Å²) in [5, 5.41) is 12.2. The van der Waals surface area contributed by atoms with Crippen molar-refractivity contribution in [2.75, 3.05) is 4.90 Å². The highest BCUT2D eigenvalue weighted by Gasteiger charge is 2.47. The Kier molecular flexibility index (Phi) is 5.17. The first-order valence-corrected chi connectivity index (χ1v) is 11.4. The number of halogens is 1. The average molecular weight is 501 g/mol. The molecule has 4 aromatic rings. The summed E-state index contributed by atoms with van der Waals surface area (Å²) in [6.45, 7) is 3.84. The average Bonchev–Trinajstić information content (AvgIpc) is 3.34. The van der Waals surface area contributed by atoms with Crippen molar-refractivity contribution in [2.45, 2.75) is 19.9 Å². The van der Waals surface area contributed by atoms with E-state index in [0.717, 1.165) is 32.1 Å². The minimum atomic E-state index is -0.771. The van der Waals surface area contributed by atoms with Crippen molar-refractivity contribution in [3.05, 3.63) is 105 Å². The molecule has 1 atom stereocenters. The second-order valence-electron chi connectivity index (χ2n) is 8.26. The molecule has 5 nitrogen and oxygen atoms in total. The van der Waals surface area contributed by atoms with Gasteiger partial charge in [-0.25, -0.2) is 0 Å². The summed E-state index contributed by atoms with van der Waals surface area (Å²) in [5.41, 5.74) is 4.70. The fourth-order valence-electron chi connectivity index (χ4n) is 4.44. The lowest BCUT2D eigenvalue weighted by Gasteiger charge is -2.25. The van der Waals surface area contributed by atoms with Crippen LogP contribution in [0.5, 0.6) is 0 Å². The van der Waals surface area contributed by atoms with Gasteiger partial charge in [-0.05, 0) is 55.3 Å². The largest absolute Gasteiger partial charge is 0.507 e. The highest BCUT2D eigenvalue weighted by atomic mass is 79.9. The van der Waals surface area contributed by atoms with Gasteiger partial charge in [-0.1, -0.05) is 52.3 Å². The minimum Gasteiger partial charge on any atom is -0.507 e. The second kappa shape index (κ2) is 8.05. The van der Waals surface area contributed by atoms with E-state index in [4.69, 9.17) is 0 Å². The van der Waals surface area contributed by atoms with Crippen molar-refractivity contribution in [2.24, 2.45) is 0 Å². The molecule has 1 unspecified atom stereocenters. The van der Waals surface area contributed by atoms with Crippen molar-refractivity contribution in [3.63, 3.8) is 0 Å². The van der Waals surface area contributed by atoms with Crippen LogP contribution in [-0.2, 0) is 9.59 Å². The molecule has 1 amide bonds. The number of nitrogens with zero attached hydrogens (tertiary/aromatic N) is 1. The van der Waals surface area contributed by atoms with Crippen LogP contribution in [0.15, 0.2) is 83.0 Å². The molecule has 0 saturated carbocycles. The molecular weight excluding hydrogens is 480 g/mol. The Bertz CT molecular complexity index is 1470. The summed E-state index contributed by atoms with van der Waals surface area (Å²) in [6, 6.07) is 19.8. The van der Waals surface area contributed by atoms with Crippen LogP contribution in [0.25, 0.3) is 16.7 Å². The van der Waals surface area contributed by atoms with Gasteiger partial charge in [-0.15, -0.1) is 0 Å². The highest BCUT2D eigenvalue weighted by molar-refractivity contribution is 9.10. The maximum absolute atomic E-state index is 13.4. The first-order chi connectivity index (χ1) is 15.9. The van der Waals surface area contributed by atoms with Crippen LogP contribution in [0.4, 0.5) is 5.69 Å². The van der Waals surface area contributed by atoms with Crippen molar-refractivity contribution in [1.29, 1.82) is 0 Å². The summed E-state index contributed by atoms with van der Waals surface area (Å²) in [4.78, 5) is 31.4. The molecule has 164 valence electrons. The maximum atomic E-state index is 13.4. The molecule has 1 aliphatic heterocycles. The molecule has 33 heavy (non-hydrogen) atoms. The van der Waals surface area contributed by atoms with Gasteiger partial charge >= 0.3 is 0 Å². The van der Waals surface area contributed by atoms with Crippen LogP contribution in [0.3, 0.4) is 0 Å². The number of carbonyl (C=O) groups is 2. The molecular formula is C27H21BrN2O3. The lowest BCUT2D eigenvalue weighted by atomic mass is 9.94.